The molecule has 0 aliphatic carbocycles. The Balaban J connectivity index is 1.57. The van der Waals surface area contributed by atoms with Gasteiger partial charge in [-0.25, -0.2) is 9.69 Å². The molecule has 0 spiro atoms. The molecule has 0 radical (unpaired) electrons. The summed E-state index contributed by atoms with van der Waals surface area (Å²) in [7, 11) is 0. The van der Waals surface area contributed by atoms with Gasteiger partial charge < -0.3 is 9.47 Å². The normalized spacial score (nSPS) is 17.2. The quantitative estimate of drug-likeness (QED) is 0.350. The first-order chi connectivity index (χ1) is 15.5. The summed E-state index contributed by atoms with van der Waals surface area (Å²) < 4.78 is 10.9. The lowest BCUT2D eigenvalue weighted by molar-refractivity contribution is -0.133. The molecule has 2 aromatic rings. The lowest BCUT2D eigenvalue weighted by Gasteiger charge is -2.25. The average Bonchev–Trinajstić information content (AvgIpc) is 3.15. The van der Waals surface area contributed by atoms with Gasteiger partial charge in [0.05, 0.1) is 19.3 Å². The first kappa shape index (κ1) is 23.7. The van der Waals surface area contributed by atoms with Crippen molar-refractivity contribution in [3.63, 3.8) is 0 Å². The number of ether oxygens (including phenoxy) is 2. The summed E-state index contributed by atoms with van der Waals surface area (Å²) in [6.45, 7) is 5.48. The minimum absolute atomic E-state index is 0.142. The van der Waals surface area contributed by atoms with Crippen molar-refractivity contribution in [3.8, 4) is 0 Å². The van der Waals surface area contributed by atoms with Gasteiger partial charge in [-0.2, -0.15) is 0 Å². The molecule has 0 bridgehead atoms. The van der Waals surface area contributed by atoms with E-state index in [2.05, 4.69) is 13.8 Å². The van der Waals surface area contributed by atoms with E-state index >= 15 is 0 Å². The highest BCUT2D eigenvalue weighted by Gasteiger charge is 2.40. The van der Waals surface area contributed by atoms with Crippen LogP contribution in [0.25, 0.3) is 0 Å². The van der Waals surface area contributed by atoms with Crippen LogP contribution in [-0.2, 0) is 27.3 Å². The largest absolute Gasteiger partial charge is 0.447 e. The van der Waals surface area contributed by atoms with E-state index in [9.17, 15) is 9.59 Å². The van der Waals surface area contributed by atoms with E-state index in [0.717, 1.165) is 17.5 Å². The number of imide groups is 1. The zero-order valence-electron chi connectivity index (χ0n) is 19.0. The summed E-state index contributed by atoms with van der Waals surface area (Å²) >= 11 is 0. The lowest BCUT2D eigenvalue weighted by Crippen LogP contribution is -2.43. The van der Waals surface area contributed by atoms with E-state index in [-0.39, 0.29) is 24.5 Å². The van der Waals surface area contributed by atoms with Gasteiger partial charge in [0.2, 0.25) is 5.91 Å². The van der Waals surface area contributed by atoms with Crippen LogP contribution in [0, 0.1) is 11.8 Å². The third kappa shape index (κ3) is 7.06. The monoisotopic (exact) mass is 435 g/mol. The molecule has 0 aromatic heterocycles. The van der Waals surface area contributed by atoms with Crippen molar-refractivity contribution in [1.29, 1.82) is 0 Å². The number of allylic oxidation sites excluding steroid dienone is 1. The Hall–Kier alpha value is -2.92. The number of carbonyl (C=O) groups excluding carboxylic acids is 2. The van der Waals surface area contributed by atoms with E-state index in [4.69, 9.17) is 9.47 Å². The predicted octanol–water partition coefficient (Wildman–Crippen LogP) is 5.40. The maximum Gasteiger partial charge on any atom is 0.416 e. The Kier molecular flexibility index (Phi) is 9.05. The minimum atomic E-state index is -0.528. The molecule has 0 unspecified atom stereocenters. The Morgan fingerprint density at radius 1 is 1.06 bits per heavy atom. The van der Waals surface area contributed by atoms with Crippen molar-refractivity contribution < 1.29 is 19.1 Å². The molecule has 2 atom stereocenters. The van der Waals surface area contributed by atoms with Gasteiger partial charge in [-0.3, -0.25) is 4.79 Å². The fourth-order valence-corrected chi connectivity index (χ4v) is 3.98. The van der Waals surface area contributed by atoms with Crippen molar-refractivity contribution in [2.24, 2.45) is 11.8 Å². The van der Waals surface area contributed by atoms with Crippen LogP contribution in [0.2, 0.25) is 0 Å². The van der Waals surface area contributed by atoms with Crippen molar-refractivity contribution in [2.75, 3.05) is 13.2 Å². The molecule has 0 N–H and O–H groups in total. The highest BCUT2D eigenvalue weighted by atomic mass is 16.6. The molecule has 3 rings (SSSR count). The number of rotatable bonds is 11. The molecule has 1 aliphatic rings. The van der Waals surface area contributed by atoms with E-state index in [1.54, 1.807) is 0 Å². The summed E-state index contributed by atoms with van der Waals surface area (Å²) in [4.78, 5) is 27.1. The summed E-state index contributed by atoms with van der Waals surface area (Å²) in [5, 5.41) is 0. The van der Waals surface area contributed by atoms with Gasteiger partial charge in [0.1, 0.15) is 6.61 Å². The number of hydrogen-bond donors (Lipinski definition) is 0. The minimum Gasteiger partial charge on any atom is -0.447 e. The Morgan fingerprint density at radius 3 is 2.38 bits per heavy atom. The van der Waals surface area contributed by atoms with Crippen molar-refractivity contribution in [3.05, 3.63) is 83.9 Å². The second-order valence-electron chi connectivity index (χ2n) is 8.66. The molecule has 5 nitrogen and oxygen atoms in total. The second kappa shape index (κ2) is 12.2. The molecule has 1 heterocycles. The maximum atomic E-state index is 13.4. The topological polar surface area (TPSA) is 55.8 Å². The van der Waals surface area contributed by atoms with Gasteiger partial charge in [-0.05, 0) is 36.3 Å². The molecule has 2 aromatic carbocycles. The predicted molar refractivity (Wildman–Crippen MR) is 125 cm³/mol. The zero-order chi connectivity index (χ0) is 22.8. The molecule has 1 fully saturated rings. The highest BCUT2D eigenvalue weighted by Crippen LogP contribution is 2.25. The number of carbonyl (C=O) groups is 2. The standard InChI is InChI=1S/C27H33NO4/c1-21(2)17-24(15-9-10-16-31-19-23-13-7-4-8-14-23)26(29)28-25(20-32-27(28)30)18-22-11-5-3-6-12-22/h3-14,21,24-25H,15-20H2,1-2H3/b10-9+/t24-,25-/m0/s1. The van der Waals surface area contributed by atoms with E-state index in [0.29, 0.717) is 32.0 Å². The van der Waals surface area contributed by atoms with Crippen molar-refractivity contribution >= 4 is 12.0 Å². The fourth-order valence-electron chi connectivity index (χ4n) is 3.98. The second-order valence-corrected chi connectivity index (χ2v) is 8.66. The van der Waals surface area contributed by atoms with Crippen LogP contribution in [0.15, 0.2) is 72.8 Å². The lowest BCUT2D eigenvalue weighted by atomic mass is 9.92. The van der Waals surface area contributed by atoms with Crippen LogP contribution in [0.5, 0.6) is 0 Å². The Morgan fingerprint density at radius 2 is 1.72 bits per heavy atom. The van der Waals surface area contributed by atoms with Crippen LogP contribution in [0.4, 0.5) is 4.79 Å². The molecule has 5 heteroatoms. The van der Waals surface area contributed by atoms with Crippen LogP contribution in [-0.4, -0.2) is 36.2 Å². The number of benzene rings is 2. The SMILES string of the molecule is CC(C)C[C@H](C/C=C/COCc1ccccc1)C(=O)N1C(=O)OC[C@@H]1Cc1ccccc1. The third-order valence-electron chi connectivity index (χ3n) is 5.53. The smallest absolute Gasteiger partial charge is 0.416 e. The third-order valence-corrected chi connectivity index (χ3v) is 5.53. The molecule has 1 aliphatic heterocycles. The first-order valence-electron chi connectivity index (χ1n) is 11.3. The van der Waals surface area contributed by atoms with Crippen LogP contribution in [0.1, 0.15) is 37.8 Å². The Labute approximate surface area is 191 Å². The Bertz CT molecular complexity index is 879. The number of nitrogens with zero attached hydrogens (tertiary/aromatic N) is 1. The molecule has 0 saturated carbocycles. The summed E-state index contributed by atoms with van der Waals surface area (Å²) in [5.41, 5.74) is 2.22. The molecule has 2 amide bonds. The summed E-state index contributed by atoms with van der Waals surface area (Å²) in [5.74, 6) is -0.0563. The van der Waals surface area contributed by atoms with E-state index in [1.807, 2.05) is 72.8 Å². The fraction of sp³-hybridized carbons (Fsp3) is 0.407. The van der Waals surface area contributed by atoms with Crippen LogP contribution < -0.4 is 0 Å². The first-order valence-corrected chi connectivity index (χ1v) is 11.3. The molecule has 170 valence electrons. The van der Waals surface area contributed by atoms with Gasteiger partial charge in [0.25, 0.3) is 0 Å². The molecule has 1 saturated heterocycles. The highest BCUT2D eigenvalue weighted by molar-refractivity contribution is 5.94. The number of hydrogen-bond acceptors (Lipinski definition) is 4. The molecular weight excluding hydrogens is 402 g/mol. The van der Waals surface area contributed by atoms with Crippen LogP contribution in [0.3, 0.4) is 0 Å². The van der Waals surface area contributed by atoms with Gasteiger partial charge in [0, 0.05) is 5.92 Å². The number of amides is 2. The van der Waals surface area contributed by atoms with E-state index in [1.165, 1.54) is 4.90 Å². The van der Waals surface area contributed by atoms with Gasteiger partial charge >= 0.3 is 6.09 Å². The molecular formula is C27H33NO4. The van der Waals surface area contributed by atoms with Gasteiger partial charge in [-0.1, -0.05) is 86.7 Å². The summed E-state index contributed by atoms with van der Waals surface area (Å²) in [6.07, 6.45) is 5.32. The van der Waals surface area contributed by atoms with Crippen molar-refractivity contribution in [1.82, 2.24) is 4.90 Å². The molecule has 32 heavy (non-hydrogen) atoms. The van der Waals surface area contributed by atoms with Gasteiger partial charge in [-0.15, -0.1) is 0 Å². The average molecular weight is 436 g/mol. The van der Waals surface area contributed by atoms with Crippen LogP contribution >= 0.6 is 0 Å². The zero-order valence-corrected chi connectivity index (χ0v) is 19.0. The van der Waals surface area contributed by atoms with Crippen molar-refractivity contribution in [2.45, 2.75) is 45.8 Å². The van der Waals surface area contributed by atoms with E-state index < -0.39 is 6.09 Å². The maximum absolute atomic E-state index is 13.4. The van der Waals surface area contributed by atoms with Gasteiger partial charge in [0.15, 0.2) is 0 Å². The summed E-state index contributed by atoms with van der Waals surface area (Å²) in [6, 6.07) is 19.7. The number of cyclic esters (lactones) is 1.